The smallest absolute Gasteiger partial charge is 0.0524 e. The topological polar surface area (TPSA) is 32.3 Å². The van der Waals surface area contributed by atoms with Gasteiger partial charge in [-0.05, 0) is 45.7 Å². The number of aliphatic hydroxyl groups excluding tert-OH is 1. The molecule has 1 aliphatic carbocycles. The van der Waals surface area contributed by atoms with Crippen LogP contribution in [0.5, 0.6) is 0 Å². The van der Waals surface area contributed by atoms with Gasteiger partial charge < -0.3 is 10.4 Å². The molecule has 2 N–H and O–H groups in total. The van der Waals surface area contributed by atoms with Gasteiger partial charge in [0.15, 0.2) is 0 Å². The molecule has 0 heterocycles. The zero-order valence-electron chi connectivity index (χ0n) is 9.00. The molecule has 0 aromatic rings. The highest BCUT2D eigenvalue weighted by Crippen LogP contribution is 2.11. The lowest BCUT2D eigenvalue weighted by Gasteiger charge is -2.08. The zero-order valence-corrected chi connectivity index (χ0v) is 9.00. The highest BCUT2D eigenvalue weighted by molar-refractivity contribution is 5.22. The van der Waals surface area contributed by atoms with Crippen molar-refractivity contribution < 1.29 is 5.11 Å². The Morgan fingerprint density at radius 1 is 1.43 bits per heavy atom. The molecule has 0 saturated carbocycles. The molecule has 0 saturated heterocycles. The number of nitrogens with one attached hydrogen (secondary N) is 1. The normalized spacial score (nSPS) is 18.0. The van der Waals surface area contributed by atoms with Gasteiger partial charge >= 0.3 is 0 Å². The number of hydrogen-bond acceptors (Lipinski definition) is 2. The Bertz CT molecular complexity index is 206. The van der Waals surface area contributed by atoms with Crippen LogP contribution in [0.3, 0.4) is 0 Å². The molecule has 0 amide bonds. The van der Waals surface area contributed by atoms with Crippen molar-refractivity contribution in [3.05, 3.63) is 23.8 Å². The summed E-state index contributed by atoms with van der Waals surface area (Å²) in [7, 11) is 0. The van der Waals surface area contributed by atoms with Crippen molar-refractivity contribution in [1.82, 2.24) is 5.32 Å². The maximum atomic E-state index is 9.04. The summed E-state index contributed by atoms with van der Waals surface area (Å²) in [6.45, 7) is 3.76. The summed E-state index contributed by atoms with van der Waals surface area (Å²) in [5, 5.41) is 12.4. The van der Waals surface area contributed by atoms with Crippen LogP contribution >= 0.6 is 0 Å². The van der Waals surface area contributed by atoms with Gasteiger partial charge in [-0.25, -0.2) is 0 Å². The minimum absolute atomic E-state index is 0.184. The molecule has 2 heteroatoms. The Kier molecular flexibility index (Phi) is 5.57. The van der Waals surface area contributed by atoms with Crippen LogP contribution in [0.2, 0.25) is 0 Å². The molecule has 0 fully saturated rings. The third-order valence-electron chi connectivity index (χ3n) is 2.40. The average molecular weight is 195 g/mol. The molecule has 1 unspecified atom stereocenters. The summed E-state index contributed by atoms with van der Waals surface area (Å²) < 4.78 is 0. The van der Waals surface area contributed by atoms with Gasteiger partial charge in [0.25, 0.3) is 0 Å². The lowest BCUT2D eigenvalue weighted by molar-refractivity contribution is 0.184. The van der Waals surface area contributed by atoms with Crippen LogP contribution in [0.1, 0.15) is 32.6 Å². The largest absolute Gasteiger partial charge is 0.393 e. The molecule has 0 aromatic carbocycles. The molecular formula is C12H21NO. The second-order valence-electron chi connectivity index (χ2n) is 3.90. The van der Waals surface area contributed by atoms with Gasteiger partial charge in [-0.15, -0.1) is 0 Å². The molecule has 80 valence electrons. The van der Waals surface area contributed by atoms with Crippen molar-refractivity contribution in [2.45, 2.75) is 38.7 Å². The van der Waals surface area contributed by atoms with Crippen LogP contribution in [0.15, 0.2) is 23.8 Å². The second kappa shape index (κ2) is 6.80. The van der Waals surface area contributed by atoms with Crippen molar-refractivity contribution in [2.75, 3.05) is 13.1 Å². The van der Waals surface area contributed by atoms with Gasteiger partial charge in [0.1, 0.15) is 0 Å². The van der Waals surface area contributed by atoms with E-state index in [1.54, 1.807) is 0 Å². The van der Waals surface area contributed by atoms with Crippen LogP contribution in [0.4, 0.5) is 0 Å². The minimum Gasteiger partial charge on any atom is -0.393 e. The van der Waals surface area contributed by atoms with E-state index in [2.05, 4.69) is 23.5 Å². The fourth-order valence-electron chi connectivity index (χ4n) is 1.52. The van der Waals surface area contributed by atoms with E-state index in [1.807, 2.05) is 6.92 Å². The van der Waals surface area contributed by atoms with Gasteiger partial charge in [-0.2, -0.15) is 0 Å². The van der Waals surface area contributed by atoms with Crippen molar-refractivity contribution in [3.63, 3.8) is 0 Å². The second-order valence-corrected chi connectivity index (χ2v) is 3.90. The Morgan fingerprint density at radius 3 is 2.93 bits per heavy atom. The van der Waals surface area contributed by atoms with Gasteiger partial charge in [-0.1, -0.05) is 23.8 Å². The van der Waals surface area contributed by atoms with E-state index in [-0.39, 0.29) is 6.10 Å². The Labute approximate surface area is 86.7 Å². The van der Waals surface area contributed by atoms with Crippen LogP contribution in [0.25, 0.3) is 0 Å². The monoisotopic (exact) mass is 195 g/mol. The van der Waals surface area contributed by atoms with Crippen molar-refractivity contribution in [2.24, 2.45) is 0 Å². The first-order valence-corrected chi connectivity index (χ1v) is 5.53. The summed E-state index contributed by atoms with van der Waals surface area (Å²) in [5.41, 5.74) is 1.45. The zero-order chi connectivity index (χ0) is 10.2. The van der Waals surface area contributed by atoms with Crippen molar-refractivity contribution >= 4 is 0 Å². The summed E-state index contributed by atoms with van der Waals surface area (Å²) in [4.78, 5) is 0. The molecule has 0 aliphatic heterocycles. The quantitative estimate of drug-likeness (QED) is 0.635. The maximum absolute atomic E-state index is 9.04. The first kappa shape index (κ1) is 11.5. The molecule has 2 nitrogen and oxygen atoms in total. The SMILES string of the molecule is CC(O)CCNCCC1=CCCC=C1. The number of rotatable bonds is 6. The van der Waals surface area contributed by atoms with E-state index in [4.69, 9.17) is 5.11 Å². The van der Waals surface area contributed by atoms with E-state index in [0.29, 0.717) is 0 Å². The lowest BCUT2D eigenvalue weighted by Crippen LogP contribution is -2.20. The van der Waals surface area contributed by atoms with E-state index in [9.17, 15) is 0 Å². The fraction of sp³-hybridized carbons (Fsp3) is 0.667. The summed E-state index contributed by atoms with van der Waals surface area (Å²) in [6, 6.07) is 0. The van der Waals surface area contributed by atoms with Crippen LogP contribution in [-0.2, 0) is 0 Å². The molecule has 14 heavy (non-hydrogen) atoms. The summed E-state index contributed by atoms with van der Waals surface area (Å²) in [6.07, 6.45) is 10.9. The van der Waals surface area contributed by atoms with Crippen LogP contribution < -0.4 is 5.32 Å². The molecule has 1 rings (SSSR count). The maximum Gasteiger partial charge on any atom is 0.0524 e. The van der Waals surface area contributed by atoms with E-state index >= 15 is 0 Å². The van der Waals surface area contributed by atoms with Gasteiger partial charge in [0.2, 0.25) is 0 Å². The number of allylic oxidation sites excluding steroid dienone is 3. The molecule has 1 atom stereocenters. The fourth-order valence-corrected chi connectivity index (χ4v) is 1.52. The highest BCUT2D eigenvalue weighted by Gasteiger charge is 1.98. The predicted molar refractivity (Wildman–Crippen MR) is 60.2 cm³/mol. The third-order valence-corrected chi connectivity index (χ3v) is 2.40. The molecule has 1 aliphatic rings. The summed E-state index contributed by atoms with van der Waals surface area (Å²) >= 11 is 0. The Balaban J connectivity index is 1.98. The average Bonchev–Trinajstić information content (AvgIpc) is 2.18. The first-order chi connectivity index (χ1) is 6.79. The third kappa shape index (κ3) is 5.20. The predicted octanol–water partition coefficient (Wildman–Crippen LogP) is 2.01. The van der Waals surface area contributed by atoms with E-state index < -0.39 is 0 Å². The number of hydrogen-bond donors (Lipinski definition) is 2. The Hall–Kier alpha value is -0.600. The highest BCUT2D eigenvalue weighted by atomic mass is 16.3. The lowest BCUT2D eigenvalue weighted by atomic mass is 10.0. The number of aliphatic hydroxyl groups is 1. The first-order valence-electron chi connectivity index (χ1n) is 5.53. The molecular weight excluding hydrogens is 174 g/mol. The molecule has 0 aromatic heterocycles. The van der Waals surface area contributed by atoms with Gasteiger partial charge in [0, 0.05) is 0 Å². The molecule has 0 radical (unpaired) electrons. The van der Waals surface area contributed by atoms with Crippen LogP contribution in [-0.4, -0.2) is 24.3 Å². The summed E-state index contributed by atoms with van der Waals surface area (Å²) in [5.74, 6) is 0. The van der Waals surface area contributed by atoms with E-state index in [1.165, 1.54) is 18.4 Å². The van der Waals surface area contributed by atoms with E-state index in [0.717, 1.165) is 25.9 Å². The van der Waals surface area contributed by atoms with Gasteiger partial charge in [-0.3, -0.25) is 0 Å². The van der Waals surface area contributed by atoms with Gasteiger partial charge in [0.05, 0.1) is 6.10 Å². The van der Waals surface area contributed by atoms with Crippen molar-refractivity contribution in [1.29, 1.82) is 0 Å². The minimum atomic E-state index is -0.184. The Morgan fingerprint density at radius 2 is 2.29 bits per heavy atom. The standard InChI is InChI=1S/C12H21NO/c1-11(14)7-9-13-10-8-12-5-3-2-4-6-12/h3,5-6,11,13-14H,2,4,7-10H2,1H3. The molecule has 0 bridgehead atoms. The van der Waals surface area contributed by atoms with Crippen molar-refractivity contribution in [3.8, 4) is 0 Å². The van der Waals surface area contributed by atoms with Crippen LogP contribution in [0, 0.1) is 0 Å². The molecule has 0 spiro atoms.